The van der Waals surface area contributed by atoms with Gasteiger partial charge in [0, 0.05) is 18.2 Å². The predicted octanol–water partition coefficient (Wildman–Crippen LogP) is 3.38. The van der Waals surface area contributed by atoms with Crippen LogP contribution in [-0.2, 0) is 10.0 Å². The first kappa shape index (κ1) is 25.6. The van der Waals surface area contributed by atoms with Crippen molar-refractivity contribution in [3.05, 3.63) is 83.9 Å². The van der Waals surface area contributed by atoms with E-state index in [0.29, 0.717) is 23.8 Å². The number of sulfonamides is 1. The molecule has 0 aliphatic carbocycles. The number of nitrogens with one attached hydrogen (secondary N) is 2. The van der Waals surface area contributed by atoms with Crippen LogP contribution in [0, 0.1) is 0 Å². The number of ether oxygens (including phenoxy) is 2. The summed E-state index contributed by atoms with van der Waals surface area (Å²) in [5, 5.41) is 0. The number of rotatable bonds is 9. The van der Waals surface area contributed by atoms with Gasteiger partial charge in [-0.25, -0.2) is 8.42 Å². The van der Waals surface area contributed by atoms with Gasteiger partial charge < -0.3 is 9.47 Å². The van der Waals surface area contributed by atoms with Gasteiger partial charge in [0.15, 0.2) is 11.5 Å². The first-order chi connectivity index (χ1) is 16.8. The molecule has 0 radical (unpaired) electrons. The van der Waals surface area contributed by atoms with Crippen LogP contribution in [0.3, 0.4) is 0 Å². The van der Waals surface area contributed by atoms with Crippen molar-refractivity contribution >= 4 is 27.5 Å². The zero-order valence-corrected chi connectivity index (χ0v) is 20.5. The van der Waals surface area contributed by atoms with Crippen LogP contribution in [0.1, 0.15) is 34.1 Å². The average Bonchev–Trinajstić information content (AvgIpc) is 2.90. The minimum Gasteiger partial charge on any atom is -0.493 e. The molecule has 0 aliphatic rings. The second-order valence-corrected chi connectivity index (χ2v) is 9.42. The highest BCUT2D eigenvalue weighted by Crippen LogP contribution is 2.28. The Morgan fingerprint density at radius 1 is 0.857 bits per heavy atom. The molecule has 0 spiro atoms. The quantitative estimate of drug-likeness (QED) is 0.438. The molecule has 3 aromatic rings. The number of hydrogen-bond acceptors (Lipinski definition) is 6. The van der Waals surface area contributed by atoms with E-state index in [9.17, 15) is 18.0 Å². The maximum absolute atomic E-state index is 12.9. The van der Waals surface area contributed by atoms with Gasteiger partial charge in [0.1, 0.15) is 0 Å². The van der Waals surface area contributed by atoms with Crippen LogP contribution in [-0.4, -0.2) is 41.0 Å². The molecule has 0 saturated heterocycles. The van der Waals surface area contributed by atoms with E-state index >= 15 is 0 Å². The summed E-state index contributed by atoms with van der Waals surface area (Å²) in [4.78, 5) is 25.0. The molecule has 2 N–H and O–H groups in total. The summed E-state index contributed by atoms with van der Waals surface area (Å²) < 4.78 is 37.7. The van der Waals surface area contributed by atoms with Gasteiger partial charge >= 0.3 is 0 Å². The Hall–Kier alpha value is -4.05. The van der Waals surface area contributed by atoms with Gasteiger partial charge in [0.25, 0.3) is 21.8 Å². The van der Waals surface area contributed by atoms with Crippen molar-refractivity contribution in [2.75, 3.05) is 25.1 Å². The van der Waals surface area contributed by atoms with Crippen LogP contribution in [0.4, 0.5) is 5.69 Å². The lowest BCUT2D eigenvalue weighted by atomic mass is 10.2. The van der Waals surface area contributed by atoms with E-state index in [0.717, 1.165) is 10.7 Å². The molecule has 0 heterocycles. The minimum absolute atomic E-state index is 0.0296. The molecule has 0 bridgehead atoms. The molecule has 9 nitrogen and oxygen atoms in total. The number of hydrazine groups is 1. The number of hydrogen-bond donors (Lipinski definition) is 2. The number of amides is 2. The summed E-state index contributed by atoms with van der Waals surface area (Å²) in [6.07, 6.45) is 0.827. The van der Waals surface area contributed by atoms with Crippen molar-refractivity contribution in [2.45, 2.75) is 18.2 Å². The molecule has 3 aromatic carbocycles. The highest BCUT2D eigenvalue weighted by molar-refractivity contribution is 7.92. The second-order valence-electron chi connectivity index (χ2n) is 7.45. The molecule has 0 fully saturated rings. The van der Waals surface area contributed by atoms with Crippen molar-refractivity contribution in [3.63, 3.8) is 0 Å². The predicted molar refractivity (Wildman–Crippen MR) is 132 cm³/mol. The standard InChI is InChI=1S/C25H27N3O6S/c1-4-16-34-22-15-12-19(17-23(22)33-3)25(30)27-26-24(29)18-10-13-21(14-11-18)35(31,32)28(2)20-8-6-5-7-9-20/h5-15,17H,4,16H2,1-3H3,(H,26,29)(H,27,30). The highest BCUT2D eigenvalue weighted by atomic mass is 32.2. The van der Waals surface area contributed by atoms with E-state index in [4.69, 9.17) is 9.47 Å². The molecule has 0 aliphatic heterocycles. The van der Waals surface area contributed by atoms with Gasteiger partial charge in [-0.15, -0.1) is 0 Å². The van der Waals surface area contributed by atoms with E-state index < -0.39 is 21.8 Å². The molecule has 0 aromatic heterocycles. The molecular weight excluding hydrogens is 470 g/mol. The van der Waals surface area contributed by atoms with Crippen molar-refractivity contribution in [1.82, 2.24) is 10.9 Å². The Morgan fingerprint density at radius 3 is 2.06 bits per heavy atom. The Morgan fingerprint density at radius 2 is 1.46 bits per heavy atom. The number of nitrogens with zero attached hydrogens (tertiary/aromatic N) is 1. The number of methoxy groups -OCH3 is 1. The normalized spacial score (nSPS) is 10.8. The summed E-state index contributed by atoms with van der Waals surface area (Å²) in [6.45, 7) is 2.49. The molecule has 10 heteroatoms. The summed E-state index contributed by atoms with van der Waals surface area (Å²) in [5.74, 6) is -0.242. The van der Waals surface area contributed by atoms with Crippen molar-refractivity contribution < 1.29 is 27.5 Å². The van der Waals surface area contributed by atoms with Crippen LogP contribution in [0.25, 0.3) is 0 Å². The lowest BCUT2D eigenvalue weighted by Crippen LogP contribution is -2.41. The van der Waals surface area contributed by atoms with Crippen LogP contribution >= 0.6 is 0 Å². The number of carbonyl (C=O) groups excluding carboxylic acids is 2. The molecule has 0 unspecified atom stereocenters. The fourth-order valence-electron chi connectivity index (χ4n) is 3.11. The van der Waals surface area contributed by atoms with E-state index in [-0.39, 0.29) is 16.0 Å². The molecule has 3 rings (SSSR count). The largest absolute Gasteiger partial charge is 0.493 e. The van der Waals surface area contributed by atoms with Gasteiger partial charge in [-0.05, 0) is 61.0 Å². The SMILES string of the molecule is CCCOc1ccc(C(=O)NNC(=O)c2ccc(S(=O)(=O)N(C)c3ccccc3)cc2)cc1OC. The van der Waals surface area contributed by atoms with Gasteiger partial charge in [-0.2, -0.15) is 0 Å². The van der Waals surface area contributed by atoms with Gasteiger partial charge in [0.2, 0.25) is 0 Å². The first-order valence-corrected chi connectivity index (χ1v) is 12.3. The van der Waals surface area contributed by atoms with Crippen molar-refractivity contribution in [2.24, 2.45) is 0 Å². The van der Waals surface area contributed by atoms with Crippen LogP contribution in [0.15, 0.2) is 77.7 Å². The molecule has 184 valence electrons. The lowest BCUT2D eigenvalue weighted by molar-refractivity contribution is 0.0846. The second kappa shape index (κ2) is 11.4. The molecular formula is C25H27N3O6S. The fraction of sp³-hybridized carbons (Fsp3) is 0.200. The van der Waals surface area contributed by atoms with Crippen LogP contribution in [0.2, 0.25) is 0 Å². The Bertz CT molecular complexity index is 1280. The van der Waals surface area contributed by atoms with Gasteiger partial charge in [-0.3, -0.25) is 24.7 Å². The number of anilines is 1. The molecule has 0 saturated carbocycles. The monoisotopic (exact) mass is 497 g/mol. The third kappa shape index (κ3) is 6.10. The minimum atomic E-state index is -3.80. The fourth-order valence-corrected chi connectivity index (χ4v) is 4.31. The number of carbonyl (C=O) groups is 2. The third-order valence-corrected chi connectivity index (χ3v) is 6.87. The number of para-hydroxylation sites is 1. The van der Waals surface area contributed by atoms with Gasteiger partial charge in [-0.1, -0.05) is 25.1 Å². The first-order valence-electron chi connectivity index (χ1n) is 10.8. The van der Waals surface area contributed by atoms with E-state index in [1.54, 1.807) is 42.5 Å². The van der Waals surface area contributed by atoms with E-state index in [2.05, 4.69) is 10.9 Å². The summed E-state index contributed by atoms with van der Waals surface area (Å²) in [7, 11) is -0.875. The molecule has 0 atom stereocenters. The third-order valence-electron chi connectivity index (χ3n) is 5.07. The average molecular weight is 498 g/mol. The maximum Gasteiger partial charge on any atom is 0.269 e. The molecule has 2 amide bonds. The molecule has 35 heavy (non-hydrogen) atoms. The zero-order chi connectivity index (χ0) is 25.4. The Labute approximate surface area is 204 Å². The van der Waals surface area contributed by atoms with E-state index in [1.807, 2.05) is 6.92 Å². The Kier molecular flexibility index (Phi) is 8.32. The summed E-state index contributed by atoms with van der Waals surface area (Å²) in [6, 6.07) is 18.8. The van der Waals surface area contributed by atoms with Crippen LogP contribution < -0.4 is 24.6 Å². The Balaban J connectivity index is 1.64. The summed E-state index contributed by atoms with van der Waals surface area (Å²) >= 11 is 0. The van der Waals surface area contributed by atoms with E-state index in [1.165, 1.54) is 44.5 Å². The zero-order valence-electron chi connectivity index (χ0n) is 19.6. The lowest BCUT2D eigenvalue weighted by Gasteiger charge is -2.19. The number of benzene rings is 3. The smallest absolute Gasteiger partial charge is 0.269 e. The summed E-state index contributed by atoms with van der Waals surface area (Å²) in [5.41, 5.74) is 5.60. The topological polar surface area (TPSA) is 114 Å². The van der Waals surface area contributed by atoms with Gasteiger partial charge in [0.05, 0.1) is 24.3 Å². The van der Waals surface area contributed by atoms with Crippen molar-refractivity contribution in [3.8, 4) is 11.5 Å². The van der Waals surface area contributed by atoms with Crippen molar-refractivity contribution in [1.29, 1.82) is 0 Å². The van der Waals surface area contributed by atoms with Crippen LogP contribution in [0.5, 0.6) is 11.5 Å². The highest BCUT2D eigenvalue weighted by Gasteiger charge is 2.21. The maximum atomic E-state index is 12.9.